The van der Waals surface area contributed by atoms with Crippen LogP contribution in [0.3, 0.4) is 0 Å². The van der Waals surface area contributed by atoms with Gasteiger partial charge in [-0.3, -0.25) is 4.79 Å². The molecule has 0 aliphatic carbocycles. The summed E-state index contributed by atoms with van der Waals surface area (Å²) in [5.74, 6) is 1.35. The fourth-order valence-corrected chi connectivity index (χ4v) is 3.90. The number of carbonyl (C=O) groups is 1. The molecule has 0 unspecified atom stereocenters. The van der Waals surface area contributed by atoms with Crippen LogP contribution in [0.2, 0.25) is 0 Å². The number of ether oxygens (including phenoxy) is 1. The van der Waals surface area contributed by atoms with E-state index in [2.05, 4.69) is 24.5 Å². The van der Waals surface area contributed by atoms with E-state index in [0.717, 1.165) is 28.5 Å². The summed E-state index contributed by atoms with van der Waals surface area (Å²) in [4.78, 5) is 17.6. The van der Waals surface area contributed by atoms with Gasteiger partial charge in [0.1, 0.15) is 5.75 Å². The minimum absolute atomic E-state index is 0.0980. The van der Waals surface area contributed by atoms with Crippen LogP contribution < -0.4 is 4.74 Å². The molecule has 0 saturated heterocycles. The van der Waals surface area contributed by atoms with Crippen molar-refractivity contribution in [3.05, 3.63) is 54.1 Å². The van der Waals surface area contributed by atoms with Crippen molar-refractivity contribution in [2.75, 3.05) is 7.11 Å². The maximum atomic E-state index is 12.8. The van der Waals surface area contributed by atoms with Crippen LogP contribution in [0.1, 0.15) is 31.1 Å². The number of aromatic nitrogens is 2. The first-order chi connectivity index (χ1) is 12.5. The predicted octanol–water partition coefficient (Wildman–Crippen LogP) is 5.06. The maximum Gasteiger partial charge on any atom is 0.175 e. The van der Waals surface area contributed by atoms with Gasteiger partial charge in [-0.15, -0.1) is 0 Å². The third-order valence-electron chi connectivity index (χ3n) is 4.19. The quantitative estimate of drug-likeness (QED) is 0.432. The molecule has 0 radical (unpaired) electrons. The normalized spacial score (nSPS) is 12.5. The SMILES string of the molecule is COc1ccc(C(=O)[C@H](C)Sc2nc3ccccc3n2CC(C)C)cc1. The predicted molar refractivity (Wildman–Crippen MR) is 107 cm³/mol. The Balaban J connectivity index is 1.85. The second-order valence-electron chi connectivity index (χ2n) is 6.74. The van der Waals surface area contributed by atoms with Crippen molar-refractivity contribution >= 4 is 28.6 Å². The van der Waals surface area contributed by atoms with Crippen molar-refractivity contribution in [3.8, 4) is 5.75 Å². The van der Waals surface area contributed by atoms with Gasteiger partial charge in [-0.25, -0.2) is 4.98 Å². The van der Waals surface area contributed by atoms with E-state index in [1.807, 2.05) is 49.4 Å². The summed E-state index contributed by atoms with van der Waals surface area (Å²) in [6, 6.07) is 15.4. The molecule has 136 valence electrons. The molecule has 1 heterocycles. The van der Waals surface area contributed by atoms with Crippen molar-refractivity contribution < 1.29 is 9.53 Å². The molecular formula is C21H24N2O2S. The number of thioether (sulfide) groups is 1. The molecule has 0 amide bonds. The van der Waals surface area contributed by atoms with Gasteiger partial charge in [0.25, 0.3) is 0 Å². The van der Waals surface area contributed by atoms with E-state index in [9.17, 15) is 4.79 Å². The highest BCUT2D eigenvalue weighted by Crippen LogP contribution is 2.30. The summed E-state index contributed by atoms with van der Waals surface area (Å²) >= 11 is 1.52. The Kier molecular flexibility index (Phi) is 5.67. The minimum atomic E-state index is -0.217. The summed E-state index contributed by atoms with van der Waals surface area (Å²) < 4.78 is 7.39. The smallest absolute Gasteiger partial charge is 0.175 e. The molecule has 26 heavy (non-hydrogen) atoms. The van der Waals surface area contributed by atoms with Gasteiger partial charge >= 0.3 is 0 Å². The summed E-state index contributed by atoms with van der Waals surface area (Å²) in [6.07, 6.45) is 0. The molecule has 0 spiro atoms. The molecule has 0 aliphatic rings. The van der Waals surface area contributed by atoms with Crippen LogP contribution >= 0.6 is 11.8 Å². The highest BCUT2D eigenvalue weighted by Gasteiger charge is 2.21. The zero-order chi connectivity index (χ0) is 18.7. The van der Waals surface area contributed by atoms with E-state index in [1.54, 1.807) is 7.11 Å². The molecule has 0 N–H and O–H groups in total. The fourth-order valence-electron chi connectivity index (χ4n) is 2.89. The van der Waals surface area contributed by atoms with Crippen LogP contribution in [-0.2, 0) is 6.54 Å². The third kappa shape index (κ3) is 3.93. The average Bonchev–Trinajstić information content (AvgIpc) is 2.98. The number of hydrogen-bond donors (Lipinski definition) is 0. The largest absolute Gasteiger partial charge is 0.497 e. The van der Waals surface area contributed by atoms with Gasteiger partial charge in [0, 0.05) is 12.1 Å². The van der Waals surface area contributed by atoms with Gasteiger partial charge in [0.05, 0.1) is 23.4 Å². The lowest BCUT2D eigenvalue weighted by Gasteiger charge is -2.14. The molecule has 1 atom stereocenters. The molecule has 0 bridgehead atoms. The molecule has 0 fully saturated rings. The van der Waals surface area contributed by atoms with Crippen LogP contribution in [0.4, 0.5) is 0 Å². The molecule has 4 nitrogen and oxygen atoms in total. The first-order valence-corrected chi connectivity index (χ1v) is 9.67. The molecular weight excluding hydrogens is 344 g/mol. The highest BCUT2D eigenvalue weighted by atomic mass is 32.2. The number of rotatable bonds is 7. The number of benzene rings is 2. The lowest BCUT2D eigenvalue weighted by Crippen LogP contribution is -2.15. The molecule has 5 heteroatoms. The Morgan fingerprint density at radius 2 is 1.81 bits per heavy atom. The Bertz CT molecular complexity index is 900. The summed E-state index contributed by atoms with van der Waals surface area (Å²) in [7, 11) is 1.62. The van der Waals surface area contributed by atoms with Crippen LogP contribution in [0, 0.1) is 5.92 Å². The number of carbonyl (C=O) groups excluding carboxylic acids is 1. The van der Waals surface area contributed by atoms with Crippen molar-refractivity contribution in [2.24, 2.45) is 5.92 Å². The molecule has 1 aromatic heterocycles. The van der Waals surface area contributed by atoms with Crippen LogP contribution in [0.15, 0.2) is 53.7 Å². The van der Waals surface area contributed by atoms with E-state index < -0.39 is 0 Å². The Hall–Kier alpha value is -2.27. The Morgan fingerprint density at radius 3 is 2.46 bits per heavy atom. The summed E-state index contributed by atoms with van der Waals surface area (Å²) in [6.45, 7) is 7.20. The number of nitrogens with zero attached hydrogens (tertiary/aromatic N) is 2. The summed E-state index contributed by atoms with van der Waals surface area (Å²) in [5.41, 5.74) is 2.78. The topological polar surface area (TPSA) is 44.1 Å². The van der Waals surface area contributed by atoms with Crippen LogP contribution in [-0.4, -0.2) is 27.7 Å². The van der Waals surface area contributed by atoms with Crippen LogP contribution in [0.5, 0.6) is 5.75 Å². The standard InChI is InChI=1S/C21H24N2O2S/c1-14(2)13-23-19-8-6-5-7-18(19)22-21(23)26-15(3)20(24)16-9-11-17(25-4)12-10-16/h5-12,14-15H,13H2,1-4H3/t15-/m0/s1. The lowest BCUT2D eigenvalue weighted by atomic mass is 10.1. The Labute approximate surface area is 158 Å². The number of ketones is 1. The maximum absolute atomic E-state index is 12.8. The van der Waals surface area contributed by atoms with Crippen molar-refractivity contribution in [1.82, 2.24) is 9.55 Å². The number of methoxy groups -OCH3 is 1. The minimum Gasteiger partial charge on any atom is -0.497 e. The first-order valence-electron chi connectivity index (χ1n) is 8.79. The molecule has 0 saturated carbocycles. The van der Waals surface area contributed by atoms with E-state index in [4.69, 9.17) is 9.72 Å². The second-order valence-corrected chi connectivity index (χ2v) is 8.05. The van der Waals surface area contributed by atoms with Gasteiger partial charge in [0.15, 0.2) is 10.9 Å². The second kappa shape index (κ2) is 7.96. The fraction of sp³-hybridized carbons (Fsp3) is 0.333. The van der Waals surface area contributed by atoms with Crippen molar-refractivity contribution in [2.45, 2.75) is 37.7 Å². The van der Waals surface area contributed by atoms with Crippen LogP contribution in [0.25, 0.3) is 11.0 Å². The van der Waals surface area contributed by atoms with Gasteiger partial charge in [-0.05, 0) is 49.2 Å². The average molecular weight is 369 g/mol. The van der Waals surface area contributed by atoms with Gasteiger partial charge in [-0.1, -0.05) is 37.7 Å². The zero-order valence-electron chi connectivity index (χ0n) is 15.6. The number of imidazole rings is 1. The number of hydrogen-bond acceptors (Lipinski definition) is 4. The van der Waals surface area contributed by atoms with E-state index in [1.165, 1.54) is 11.8 Å². The van der Waals surface area contributed by atoms with E-state index >= 15 is 0 Å². The van der Waals surface area contributed by atoms with Gasteiger partial charge in [-0.2, -0.15) is 0 Å². The molecule has 0 aliphatic heterocycles. The Morgan fingerprint density at radius 1 is 1.12 bits per heavy atom. The summed E-state index contributed by atoms with van der Waals surface area (Å²) in [5, 5.41) is 0.681. The third-order valence-corrected chi connectivity index (χ3v) is 5.28. The lowest BCUT2D eigenvalue weighted by molar-refractivity contribution is 0.0994. The van der Waals surface area contributed by atoms with Gasteiger partial charge < -0.3 is 9.30 Å². The van der Waals surface area contributed by atoms with Gasteiger partial charge in [0.2, 0.25) is 0 Å². The molecule has 3 rings (SSSR count). The zero-order valence-corrected chi connectivity index (χ0v) is 16.4. The van der Waals surface area contributed by atoms with Crippen molar-refractivity contribution in [3.63, 3.8) is 0 Å². The number of Topliss-reactive ketones (excluding diaryl/α,β-unsaturated/α-hetero) is 1. The van der Waals surface area contributed by atoms with E-state index in [0.29, 0.717) is 11.5 Å². The molecule has 3 aromatic rings. The first kappa shape index (κ1) is 18.5. The number of para-hydroxylation sites is 2. The highest BCUT2D eigenvalue weighted by molar-refractivity contribution is 8.00. The van der Waals surface area contributed by atoms with E-state index in [-0.39, 0.29) is 11.0 Å². The number of fused-ring (bicyclic) bond motifs is 1. The monoisotopic (exact) mass is 368 g/mol. The van der Waals surface area contributed by atoms with Crippen molar-refractivity contribution in [1.29, 1.82) is 0 Å². The molecule has 2 aromatic carbocycles.